The van der Waals surface area contributed by atoms with Crippen molar-refractivity contribution in [3.05, 3.63) is 66.4 Å². The molecule has 0 bridgehead atoms. The van der Waals surface area contributed by atoms with Gasteiger partial charge in [0.2, 0.25) is 5.91 Å². The van der Waals surface area contributed by atoms with Gasteiger partial charge in [-0.15, -0.1) is 24.0 Å². The molecule has 0 atom stereocenters. The maximum atomic E-state index is 12.1. The van der Waals surface area contributed by atoms with Crippen molar-refractivity contribution in [1.82, 2.24) is 15.6 Å². The highest BCUT2D eigenvalue weighted by molar-refractivity contribution is 14.0. The minimum Gasteiger partial charge on any atom is -0.489 e. The minimum atomic E-state index is -0.102. The predicted molar refractivity (Wildman–Crippen MR) is 133 cm³/mol. The monoisotopic (exact) mass is 523 g/mol. The van der Waals surface area contributed by atoms with Gasteiger partial charge in [-0.1, -0.05) is 36.9 Å². The number of aryl methyl sites for hydroxylation is 1. The molecule has 30 heavy (non-hydrogen) atoms. The smallest absolute Gasteiger partial charge is 0.227 e. The number of rotatable bonds is 10. The van der Waals surface area contributed by atoms with E-state index in [0.29, 0.717) is 37.9 Å². The van der Waals surface area contributed by atoms with Crippen molar-refractivity contribution in [3.8, 4) is 5.75 Å². The molecule has 162 valence electrons. The van der Waals surface area contributed by atoms with E-state index in [0.717, 1.165) is 23.6 Å². The Bertz CT molecular complexity index is 842. The molecule has 1 aromatic heterocycles. The second kappa shape index (κ2) is 14.4. The van der Waals surface area contributed by atoms with E-state index >= 15 is 0 Å². The normalized spacial score (nSPS) is 10.5. The van der Waals surface area contributed by atoms with Gasteiger partial charge in [-0.25, -0.2) is 9.98 Å². The lowest BCUT2D eigenvalue weighted by atomic mass is 10.2. The lowest BCUT2D eigenvalue weighted by molar-refractivity contribution is -0.116. The van der Waals surface area contributed by atoms with E-state index in [2.05, 4.69) is 32.5 Å². The Labute approximate surface area is 195 Å². The number of ether oxygens (including phenoxy) is 1. The summed E-state index contributed by atoms with van der Waals surface area (Å²) in [6, 6.07) is 13.3. The Balaban J connectivity index is 0.00000450. The van der Waals surface area contributed by atoms with Crippen molar-refractivity contribution in [2.75, 3.05) is 25.0 Å². The van der Waals surface area contributed by atoms with Crippen LogP contribution in [-0.4, -0.2) is 36.5 Å². The van der Waals surface area contributed by atoms with Crippen LogP contribution in [0.15, 0.2) is 60.1 Å². The van der Waals surface area contributed by atoms with Crippen LogP contribution in [-0.2, 0) is 11.3 Å². The minimum absolute atomic E-state index is 0. The standard InChI is InChI=1S/C22H29N5O2.HI/c1-4-15-29-19-11-7-6-10-18(19)16-25-22(23-5-2)24-14-13-21(28)27-20-12-8-9-17(3)26-20;/h4,6-12H,1,5,13-16H2,2-3H3,(H2,23,24,25)(H,26,27,28);1H. The number of hydrogen-bond acceptors (Lipinski definition) is 4. The highest BCUT2D eigenvalue weighted by Crippen LogP contribution is 2.18. The Morgan fingerprint density at radius 2 is 2.00 bits per heavy atom. The summed E-state index contributed by atoms with van der Waals surface area (Å²) in [5, 5.41) is 9.16. The number of aliphatic imine (C=N–C) groups is 1. The lowest BCUT2D eigenvalue weighted by Gasteiger charge is -2.12. The summed E-state index contributed by atoms with van der Waals surface area (Å²) in [5.41, 5.74) is 1.84. The molecule has 0 aliphatic carbocycles. The molecule has 0 aliphatic rings. The predicted octanol–water partition coefficient (Wildman–Crippen LogP) is 3.66. The lowest BCUT2D eigenvalue weighted by Crippen LogP contribution is -2.38. The molecule has 2 aromatic rings. The van der Waals surface area contributed by atoms with Gasteiger partial charge in [0, 0.05) is 30.8 Å². The number of nitrogens with one attached hydrogen (secondary N) is 3. The van der Waals surface area contributed by atoms with E-state index in [1.54, 1.807) is 12.1 Å². The largest absolute Gasteiger partial charge is 0.489 e. The Morgan fingerprint density at radius 3 is 2.73 bits per heavy atom. The van der Waals surface area contributed by atoms with Crippen LogP contribution in [0.1, 0.15) is 24.6 Å². The second-order valence-electron chi connectivity index (χ2n) is 6.29. The fourth-order valence-corrected chi connectivity index (χ4v) is 2.54. The first-order valence-electron chi connectivity index (χ1n) is 9.69. The number of hydrogen-bond donors (Lipinski definition) is 3. The number of halogens is 1. The molecule has 0 radical (unpaired) electrons. The number of benzene rings is 1. The summed E-state index contributed by atoms with van der Waals surface area (Å²) in [7, 11) is 0. The average Bonchev–Trinajstić information content (AvgIpc) is 2.71. The maximum absolute atomic E-state index is 12.1. The summed E-state index contributed by atoms with van der Waals surface area (Å²) in [5.74, 6) is 1.89. The van der Waals surface area contributed by atoms with Crippen LogP contribution < -0.4 is 20.7 Å². The van der Waals surface area contributed by atoms with Crippen molar-refractivity contribution in [3.63, 3.8) is 0 Å². The zero-order chi connectivity index (χ0) is 20.9. The number of nitrogens with zero attached hydrogens (tertiary/aromatic N) is 2. The van der Waals surface area contributed by atoms with Crippen LogP contribution in [0.3, 0.4) is 0 Å². The Kier molecular flexibility index (Phi) is 12.2. The zero-order valence-corrected chi connectivity index (χ0v) is 19.8. The van der Waals surface area contributed by atoms with Crippen molar-refractivity contribution in [1.29, 1.82) is 0 Å². The average molecular weight is 523 g/mol. The molecule has 2 rings (SSSR count). The van der Waals surface area contributed by atoms with Gasteiger partial charge in [-0.05, 0) is 32.0 Å². The van der Waals surface area contributed by atoms with E-state index in [9.17, 15) is 4.79 Å². The fraction of sp³-hybridized carbons (Fsp3) is 0.318. The SMILES string of the molecule is C=CCOc1ccccc1CN=C(NCC)NCCC(=O)Nc1cccc(C)n1.I. The molecule has 0 spiro atoms. The third kappa shape index (κ3) is 9.25. The molecule has 0 unspecified atom stereocenters. The summed E-state index contributed by atoms with van der Waals surface area (Å²) >= 11 is 0. The van der Waals surface area contributed by atoms with Gasteiger partial charge in [-0.3, -0.25) is 4.79 Å². The molecule has 0 aliphatic heterocycles. The molecule has 8 heteroatoms. The van der Waals surface area contributed by atoms with Gasteiger partial charge in [0.15, 0.2) is 5.96 Å². The molecule has 7 nitrogen and oxygen atoms in total. The number of para-hydroxylation sites is 1. The molecule has 3 N–H and O–H groups in total. The van der Waals surface area contributed by atoms with Gasteiger partial charge in [0.25, 0.3) is 0 Å². The molecule has 0 saturated heterocycles. The molecular formula is C22H30IN5O2. The van der Waals surface area contributed by atoms with Crippen LogP contribution >= 0.6 is 24.0 Å². The van der Waals surface area contributed by atoms with Crippen LogP contribution in [0, 0.1) is 6.92 Å². The highest BCUT2D eigenvalue weighted by atomic mass is 127. The molecular weight excluding hydrogens is 493 g/mol. The number of carbonyl (C=O) groups excluding carboxylic acids is 1. The van der Waals surface area contributed by atoms with E-state index in [4.69, 9.17) is 4.74 Å². The topological polar surface area (TPSA) is 87.6 Å². The number of pyridine rings is 1. The number of aromatic nitrogens is 1. The molecule has 1 aromatic carbocycles. The highest BCUT2D eigenvalue weighted by Gasteiger charge is 2.06. The van der Waals surface area contributed by atoms with E-state index < -0.39 is 0 Å². The first-order valence-corrected chi connectivity index (χ1v) is 9.69. The zero-order valence-electron chi connectivity index (χ0n) is 17.5. The first-order chi connectivity index (χ1) is 14.1. The van der Waals surface area contributed by atoms with E-state index in [-0.39, 0.29) is 29.9 Å². The van der Waals surface area contributed by atoms with Gasteiger partial charge < -0.3 is 20.7 Å². The van der Waals surface area contributed by atoms with E-state index in [1.807, 2.05) is 50.2 Å². The van der Waals surface area contributed by atoms with Crippen LogP contribution in [0.4, 0.5) is 5.82 Å². The van der Waals surface area contributed by atoms with Crippen LogP contribution in [0.5, 0.6) is 5.75 Å². The third-order valence-corrected chi connectivity index (χ3v) is 3.88. The summed E-state index contributed by atoms with van der Waals surface area (Å²) in [6.07, 6.45) is 2.02. The quantitative estimate of drug-likeness (QED) is 0.192. The molecule has 0 saturated carbocycles. The number of anilines is 1. The fourth-order valence-electron chi connectivity index (χ4n) is 2.54. The third-order valence-electron chi connectivity index (χ3n) is 3.88. The summed E-state index contributed by atoms with van der Waals surface area (Å²) < 4.78 is 5.67. The number of carbonyl (C=O) groups is 1. The maximum Gasteiger partial charge on any atom is 0.227 e. The van der Waals surface area contributed by atoms with Crippen molar-refractivity contribution in [2.45, 2.75) is 26.8 Å². The van der Waals surface area contributed by atoms with Crippen LogP contribution in [0.2, 0.25) is 0 Å². The molecule has 1 heterocycles. The van der Waals surface area contributed by atoms with Gasteiger partial charge >= 0.3 is 0 Å². The first kappa shape index (κ1) is 25.4. The van der Waals surface area contributed by atoms with Crippen molar-refractivity contribution < 1.29 is 9.53 Å². The second-order valence-corrected chi connectivity index (χ2v) is 6.29. The van der Waals surface area contributed by atoms with Gasteiger partial charge in [0.1, 0.15) is 18.2 Å². The Hall–Kier alpha value is -2.62. The molecule has 0 fully saturated rings. The Morgan fingerprint density at radius 1 is 1.20 bits per heavy atom. The van der Waals surface area contributed by atoms with E-state index in [1.165, 1.54) is 0 Å². The van der Waals surface area contributed by atoms with Gasteiger partial charge in [-0.2, -0.15) is 0 Å². The van der Waals surface area contributed by atoms with Crippen LogP contribution in [0.25, 0.3) is 0 Å². The van der Waals surface area contributed by atoms with Crippen molar-refractivity contribution >= 4 is 41.7 Å². The summed E-state index contributed by atoms with van der Waals surface area (Å²) in [6.45, 7) is 9.64. The summed E-state index contributed by atoms with van der Waals surface area (Å²) in [4.78, 5) is 21.0. The van der Waals surface area contributed by atoms with Crippen molar-refractivity contribution in [2.24, 2.45) is 4.99 Å². The number of guanidine groups is 1. The molecule has 1 amide bonds. The van der Waals surface area contributed by atoms with Gasteiger partial charge in [0.05, 0.1) is 6.54 Å². The number of amides is 1.